The summed E-state index contributed by atoms with van der Waals surface area (Å²) in [6, 6.07) is 0. The van der Waals surface area contributed by atoms with Gasteiger partial charge in [-0.1, -0.05) is 55.0 Å². The summed E-state index contributed by atoms with van der Waals surface area (Å²) in [5.41, 5.74) is 3.83. The van der Waals surface area contributed by atoms with Crippen molar-refractivity contribution in [2.24, 2.45) is 56.7 Å². The van der Waals surface area contributed by atoms with Gasteiger partial charge in [0, 0.05) is 14.2 Å². The first-order valence-electron chi connectivity index (χ1n) is 15.1. The number of hydrogen-bond acceptors (Lipinski definition) is 2. The molecule has 5 aliphatic carbocycles. The van der Waals surface area contributed by atoms with Crippen LogP contribution in [0.1, 0.15) is 113 Å². The predicted molar refractivity (Wildman–Crippen MR) is 146 cm³/mol. The minimum atomic E-state index is 0.204. The molecule has 0 aromatic carbocycles. The molecule has 10 atom stereocenters. The largest absolute Gasteiger partial charge is 0.381 e. The van der Waals surface area contributed by atoms with Crippen molar-refractivity contribution in [2.45, 2.75) is 125 Å². The van der Waals surface area contributed by atoms with Gasteiger partial charge in [-0.3, -0.25) is 0 Å². The fraction of sp³-hybridized carbons (Fsp3) is 0.939. The van der Waals surface area contributed by atoms with Crippen LogP contribution in [0.15, 0.2) is 12.2 Å². The number of methoxy groups -OCH3 is 2. The van der Waals surface area contributed by atoms with E-state index in [1.54, 1.807) is 0 Å². The van der Waals surface area contributed by atoms with Crippen LogP contribution in [0.4, 0.5) is 0 Å². The van der Waals surface area contributed by atoms with Crippen molar-refractivity contribution >= 4 is 0 Å². The average molecular weight is 485 g/mol. The molecular formula is C33H56O2. The van der Waals surface area contributed by atoms with Crippen molar-refractivity contribution in [3.05, 3.63) is 12.2 Å². The molecule has 0 unspecified atom stereocenters. The number of hydrogen-bond donors (Lipinski definition) is 0. The number of fused-ring (bicyclic) bond motifs is 2. The molecule has 5 saturated carbocycles. The molecule has 0 bridgehead atoms. The molecule has 0 aliphatic heterocycles. The van der Waals surface area contributed by atoms with Gasteiger partial charge in [-0.2, -0.15) is 0 Å². The van der Waals surface area contributed by atoms with Crippen LogP contribution in [0.3, 0.4) is 0 Å². The maximum Gasteiger partial charge on any atom is 0.0783 e. The smallest absolute Gasteiger partial charge is 0.0783 e. The lowest BCUT2D eigenvalue weighted by atomic mass is 9.41. The first-order chi connectivity index (χ1) is 16.3. The van der Waals surface area contributed by atoms with Crippen molar-refractivity contribution in [1.29, 1.82) is 0 Å². The van der Waals surface area contributed by atoms with E-state index in [0.717, 1.165) is 24.2 Å². The van der Waals surface area contributed by atoms with Crippen LogP contribution >= 0.6 is 0 Å². The Labute approximate surface area is 217 Å². The third kappa shape index (κ3) is 3.26. The first kappa shape index (κ1) is 26.3. The molecule has 0 aromatic rings. The van der Waals surface area contributed by atoms with Gasteiger partial charge in [0.1, 0.15) is 0 Å². The van der Waals surface area contributed by atoms with Crippen LogP contribution in [0, 0.1) is 56.7 Å². The molecule has 5 aliphatic rings. The summed E-state index contributed by atoms with van der Waals surface area (Å²) in [5.74, 6) is 3.79. The summed E-state index contributed by atoms with van der Waals surface area (Å²) in [5, 5.41) is 0. The molecule has 5 fully saturated rings. The Kier molecular flexibility index (Phi) is 6.25. The quantitative estimate of drug-likeness (QED) is 0.336. The maximum absolute atomic E-state index is 6.05. The summed E-state index contributed by atoms with van der Waals surface area (Å²) in [4.78, 5) is 0. The van der Waals surface area contributed by atoms with E-state index in [2.05, 4.69) is 55.0 Å². The fourth-order valence-electron chi connectivity index (χ4n) is 12.0. The SMILES string of the molecule is C=C(C(C)C)[C@H](C[C@@H](C)[C@H]1CC[C@@]2(C)[C@@H]3CC[C@H]4C(C)(C)[C@@H](OC)CC[C@@]45C[C@@]35CC[C@]12C)OC. The van der Waals surface area contributed by atoms with Gasteiger partial charge in [-0.25, -0.2) is 0 Å². The van der Waals surface area contributed by atoms with Crippen molar-refractivity contribution in [2.75, 3.05) is 14.2 Å². The molecule has 0 radical (unpaired) electrons. The molecule has 0 heterocycles. The van der Waals surface area contributed by atoms with Gasteiger partial charge in [-0.15, -0.1) is 0 Å². The standard InChI is InChI=1S/C33H56O2/c1-21(2)23(4)25(34-9)19-22(3)24-13-15-31(8)27-12-11-26-29(5,6)28(35-10)14-16-32(26)20-33(27,32)18-17-30(24,31)7/h21-22,24-28H,4,11-20H2,1-3,5-10H3/t22-,24-,25+,26+,27+,28+,30-,31+,32-,33+/m1/s1. The molecule has 0 saturated heterocycles. The molecule has 2 spiro atoms. The minimum Gasteiger partial charge on any atom is -0.381 e. The summed E-state index contributed by atoms with van der Waals surface area (Å²) < 4.78 is 12.0. The fourth-order valence-corrected chi connectivity index (χ4v) is 12.0. The summed E-state index contributed by atoms with van der Waals surface area (Å²) >= 11 is 0. The summed E-state index contributed by atoms with van der Waals surface area (Å²) in [6.07, 6.45) is 14.7. The van der Waals surface area contributed by atoms with E-state index < -0.39 is 0 Å². The van der Waals surface area contributed by atoms with Crippen LogP contribution < -0.4 is 0 Å². The Morgan fingerprint density at radius 2 is 1.49 bits per heavy atom. The van der Waals surface area contributed by atoms with Gasteiger partial charge in [0.25, 0.3) is 0 Å². The zero-order valence-corrected chi connectivity index (χ0v) is 24.6. The second-order valence-electron chi connectivity index (χ2n) is 15.4. The van der Waals surface area contributed by atoms with Gasteiger partial charge >= 0.3 is 0 Å². The second kappa shape index (κ2) is 8.33. The molecule has 200 valence electrons. The lowest BCUT2D eigenvalue weighted by Gasteiger charge is -2.63. The second-order valence-corrected chi connectivity index (χ2v) is 15.4. The normalized spacial score (nSPS) is 49.4. The molecule has 2 nitrogen and oxygen atoms in total. The Morgan fingerprint density at radius 1 is 0.829 bits per heavy atom. The van der Waals surface area contributed by atoms with Gasteiger partial charge in [0.15, 0.2) is 0 Å². The van der Waals surface area contributed by atoms with Crippen molar-refractivity contribution in [3.63, 3.8) is 0 Å². The van der Waals surface area contributed by atoms with E-state index in [9.17, 15) is 0 Å². The highest BCUT2D eigenvalue weighted by molar-refractivity contribution is 5.30. The van der Waals surface area contributed by atoms with Crippen LogP contribution in [-0.2, 0) is 9.47 Å². The van der Waals surface area contributed by atoms with Crippen molar-refractivity contribution in [3.8, 4) is 0 Å². The first-order valence-corrected chi connectivity index (χ1v) is 15.1. The zero-order chi connectivity index (χ0) is 25.6. The number of ether oxygens (including phenoxy) is 2. The van der Waals surface area contributed by atoms with Crippen molar-refractivity contribution in [1.82, 2.24) is 0 Å². The topological polar surface area (TPSA) is 18.5 Å². The van der Waals surface area contributed by atoms with E-state index in [-0.39, 0.29) is 6.10 Å². The van der Waals surface area contributed by atoms with E-state index in [4.69, 9.17) is 9.47 Å². The lowest BCUT2D eigenvalue weighted by molar-refractivity contribution is -0.166. The Balaban J connectivity index is 1.39. The Hall–Kier alpha value is -0.340. The molecule has 0 amide bonds. The average Bonchev–Trinajstić information content (AvgIpc) is 3.38. The Bertz CT molecular complexity index is 844. The highest BCUT2D eigenvalue weighted by Crippen LogP contribution is 2.89. The lowest BCUT2D eigenvalue weighted by Crippen LogP contribution is -2.57. The molecule has 0 aromatic heterocycles. The molecule has 0 N–H and O–H groups in total. The highest BCUT2D eigenvalue weighted by Gasteiger charge is 2.82. The third-order valence-electron chi connectivity index (χ3n) is 14.1. The van der Waals surface area contributed by atoms with Gasteiger partial charge in [0.05, 0.1) is 12.2 Å². The van der Waals surface area contributed by atoms with Gasteiger partial charge in [0.2, 0.25) is 0 Å². The van der Waals surface area contributed by atoms with Crippen LogP contribution in [0.2, 0.25) is 0 Å². The van der Waals surface area contributed by atoms with Gasteiger partial charge in [-0.05, 0) is 126 Å². The molecule has 2 heteroatoms. The van der Waals surface area contributed by atoms with Gasteiger partial charge < -0.3 is 9.47 Å². The molecular weight excluding hydrogens is 428 g/mol. The van der Waals surface area contributed by atoms with E-state index in [0.29, 0.717) is 45.0 Å². The third-order valence-corrected chi connectivity index (χ3v) is 14.1. The Morgan fingerprint density at radius 3 is 2.11 bits per heavy atom. The van der Waals surface area contributed by atoms with Crippen LogP contribution in [-0.4, -0.2) is 26.4 Å². The number of rotatable bonds is 7. The van der Waals surface area contributed by atoms with Crippen molar-refractivity contribution < 1.29 is 9.47 Å². The minimum absolute atomic E-state index is 0.204. The summed E-state index contributed by atoms with van der Waals surface area (Å²) in [7, 11) is 3.84. The molecule has 35 heavy (non-hydrogen) atoms. The van der Waals surface area contributed by atoms with E-state index >= 15 is 0 Å². The monoisotopic (exact) mass is 484 g/mol. The maximum atomic E-state index is 6.05. The summed E-state index contributed by atoms with van der Waals surface area (Å²) in [6.45, 7) is 22.0. The van der Waals surface area contributed by atoms with E-state index in [1.165, 1.54) is 63.4 Å². The zero-order valence-electron chi connectivity index (χ0n) is 24.6. The van der Waals surface area contributed by atoms with Crippen LogP contribution in [0.5, 0.6) is 0 Å². The highest BCUT2D eigenvalue weighted by atomic mass is 16.5. The van der Waals surface area contributed by atoms with E-state index in [1.807, 2.05) is 14.2 Å². The molecule has 5 rings (SSSR count). The van der Waals surface area contributed by atoms with Crippen LogP contribution in [0.25, 0.3) is 0 Å². The predicted octanol–water partition coefficient (Wildman–Crippen LogP) is 8.69.